The second-order valence-corrected chi connectivity index (χ2v) is 4.04. The molecule has 0 N–H and O–H groups in total. The Balaban J connectivity index is 3.83. The van der Waals surface area contributed by atoms with E-state index in [0.717, 1.165) is 11.1 Å². The second-order valence-electron chi connectivity index (χ2n) is 4.04. The van der Waals surface area contributed by atoms with Crippen molar-refractivity contribution in [1.29, 1.82) is 0 Å². The Morgan fingerprint density at radius 2 is 1.44 bits per heavy atom. The Labute approximate surface area is 94.4 Å². The molecule has 0 aliphatic carbocycles. The largest absolute Gasteiger partial charge is 0.294 e. The molecule has 1 aromatic carbocycles. The Morgan fingerprint density at radius 1 is 1.00 bits per heavy atom. The number of nitro benzene ring substituents is 1. The monoisotopic (exact) mass is 221 g/mol. The number of carbonyl (C=O) groups is 1. The van der Waals surface area contributed by atoms with Crippen LogP contribution in [0.3, 0.4) is 0 Å². The zero-order valence-corrected chi connectivity index (χ0v) is 10.2. The number of nitro groups is 1. The molecule has 1 rings (SSSR count). The molecule has 0 aliphatic heterocycles. The summed E-state index contributed by atoms with van der Waals surface area (Å²) in [5.41, 5.74) is 3.32. The molecule has 0 bridgehead atoms. The predicted octanol–water partition coefficient (Wildman–Crippen LogP) is 3.03. The van der Waals surface area contributed by atoms with E-state index in [0.29, 0.717) is 11.1 Å². The Kier molecular flexibility index (Phi) is 3.12. The molecule has 0 saturated heterocycles. The van der Waals surface area contributed by atoms with Crippen molar-refractivity contribution < 1.29 is 9.72 Å². The highest BCUT2D eigenvalue weighted by molar-refractivity contribution is 6.00. The first-order chi connectivity index (χ1) is 7.29. The zero-order valence-electron chi connectivity index (χ0n) is 10.2. The lowest BCUT2D eigenvalue weighted by Crippen LogP contribution is -2.08. The van der Waals surface area contributed by atoms with Crippen molar-refractivity contribution in [3.8, 4) is 0 Å². The van der Waals surface area contributed by atoms with Gasteiger partial charge in [0.25, 0.3) is 5.69 Å². The quantitative estimate of drug-likeness (QED) is 0.438. The van der Waals surface area contributed by atoms with E-state index in [1.807, 2.05) is 13.8 Å². The van der Waals surface area contributed by atoms with E-state index in [-0.39, 0.29) is 17.0 Å². The molecule has 4 nitrogen and oxygen atoms in total. The van der Waals surface area contributed by atoms with Gasteiger partial charge >= 0.3 is 0 Å². The van der Waals surface area contributed by atoms with Crippen LogP contribution in [0, 0.1) is 37.8 Å². The first kappa shape index (κ1) is 12.4. The summed E-state index contributed by atoms with van der Waals surface area (Å²) in [7, 11) is 0. The number of Topliss-reactive ketones (excluding diaryl/α,β-unsaturated/α-hetero) is 1. The van der Waals surface area contributed by atoms with Crippen LogP contribution in [-0.4, -0.2) is 10.7 Å². The second kappa shape index (κ2) is 4.04. The van der Waals surface area contributed by atoms with E-state index in [1.165, 1.54) is 6.92 Å². The molecule has 4 heteroatoms. The summed E-state index contributed by atoms with van der Waals surface area (Å²) in [6.45, 7) is 8.53. The van der Waals surface area contributed by atoms with Crippen LogP contribution < -0.4 is 0 Å². The van der Waals surface area contributed by atoms with Gasteiger partial charge in [-0.3, -0.25) is 14.9 Å². The standard InChI is InChI=1S/C12H15NO3/c1-6-7(2)9(4)12(13(15)16)11(8(6)3)10(5)14/h1-5H3. The molecule has 0 aliphatic rings. The van der Waals surface area contributed by atoms with Gasteiger partial charge in [-0.25, -0.2) is 0 Å². The first-order valence-electron chi connectivity index (χ1n) is 5.04. The van der Waals surface area contributed by atoms with Gasteiger partial charge in [0.2, 0.25) is 0 Å². The van der Waals surface area contributed by atoms with Gasteiger partial charge in [-0.15, -0.1) is 0 Å². The minimum Gasteiger partial charge on any atom is -0.294 e. The maximum atomic E-state index is 11.5. The summed E-state index contributed by atoms with van der Waals surface area (Å²) in [5, 5.41) is 11.0. The number of benzene rings is 1. The van der Waals surface area contributed by atoms with Crippen molar-refractivity contribution in [3.05, 3.63) is 37.9 Å². The highest BCUT2D eigenvalue weighted by Gasteiger charge is 2.26. The lowest BCUT2D eigenvalue weighted by molar-refractivity contribution is -0.385. The summed E-state index contributed by atoms with van der Waals surface area (Å²) in [5.74, 6) is -0.254. The molecule has 0 saturated carbocycles. The SMILES string of the molecule is CC(=O)c1c(C)c(C)c(C)c(C)c1[N+](=O)[O-]. The van der Waals surface area contributed by atoms with E-state index < -0.39 is 4.92 Å². The third-order valence-corrected chi connectivity index (χ3v) is 3.19. The Morgan fingerprint density at radius 3 is 1.81 bits per heavy atom. The number of nitrogens with zero attached hydrogens (tertiary/aromatic N) is 1. The topological polar surface area (TPSA) is 60.2 Å². The fraction of sp³-hybridized carbons (Fsp3) is 0.417. The minimum absolute atomic E-state index is 0.0481. The molecular weight excluding hydrogens is 206 g/mol. The van der Waals surface area contributed by atoms with Gasteiger partial charge in [0.1, 0.15) is 0 Å². The third kappa shape index (κ3) is 1.71. The summed E-state index contributed by atoms with van der Waals surface area (Å²) >= 11 is 0. The maximum Gasteiger partial charge on any atom is 0.283 e. The van der Waals surface area contributed by atoms with Crippen LogP contribution in [0.2, 0.25) is 0 Å². The number of rotatable bonds is 2. The lowest BCUT2D eigenvalue weighted by Gasteiger charge is -2.13. The Hall–Kier alpha value is -1.71. The molecular formula is C12H15NO3. The summed E-state index contributed by atoms with van der Waals surface area (Å²) in [6, 6.07) is 0. The van der Waals surface area contributed by atoms with E-state index in [2.05, 4.69) is 0 Å². The van der Waals surface area contributed by atoms with Gasteiger partial charge in [0, 0.05) is 5.56 Å². The van der Waals surface area contributed by atoms with E-state index in [1.54, 1.807) is 13.8 Å². The molecule has 0 radical (unpaired) electrons. The number of hydrogen-bond acceptors (Lipinski definition) is 3. The summed E-state index contributed by atoms with van der Waals surface area (Å²) in [6.07, 6.45) is 0. The van der Waals surface area contributed by atoms with Crippen LogP contribution >= 0.6 is 0 Å². The van der Waals surface area contributed by atoms with Gasteiger partial charge in [-0.2, -0.15) is 0 Å². The first-order valence-corrected chi connectivity index (χ1v) is 5.04. The minimum atomic E-state index is -0.467. The van der Waals surface area contributed by atoms with E-state index in [4.69, 9.17) is 0 Å². The smallest absolute Gasteiger partial charge is 0.283 e. The maximum absolute atomic E-state index is 11.5. The molecule has 0 atom stereocenters. The van der Waals surface area contributed by atoms with Crippen LogP contribution in [0.1, 0.15) is 39.5 Å². The normalized spacial score (nSPS) is 10.3. The molecule has 0 fully saturated rings. The van der Waals surface area contributed by atoms with E-state index in [9.17, 15) is 14.9 Å². The van der Waals surface area contributed by atoms with Crippen molar-refractivity contribution in [2.75, 3.05) is 0 Å². The van der Waals surface area contributed by atoms with Crippen LogP contribution in [0.25, 0.3) is 0 Å². The van der Waals surface area contributed by atoms with Crippen LogP contribution in [0.5, 0.6) is 0 Å². The lowest BCUT2D eigenvalue weighted by atomic mass is 9.91. The van der Waals surface area contributed by atoms with Gasteiger partial charge in [0.15, 0.2) is 5.78 Å². The summed E-state index contributed by atoms with van der Waals surface area (Å²) in [4.78, 5) is 22.1. The average Bonchev–Trinajstić information content (AvgIpc) is 2.18. The Bertz CT molecular complexity index is 445. The highest BCUT2D eigenvalue weighted by Crippen LogP contribution is 2.32. The molecule has 0 spiro atoms. The van der Waals surface area contributed by atoms with Crippen LogP contribution in [0.4, 0.5) is 5.69 Å². The zero-order chi connectivity index (χ0) is 12.6. The number of ketones is 1. The van der Waals surface area contributed by atoms with Crippen molar-refractivity contribution >= 4 is 11.5 Å². The molecule has 0 unspecified atom stereocenters. The average molecular weight is 221 g/mol. The molecule has 0 aromatic heterocycles. The van der Waals surface area contributed by atoms with Crippen LogP contribution in [-0.2, 0) is 0 Å². The van der Waals surface area contributed by atoms with Crippen molar-refractivity contribution in [2.24, 2.45) is 0 Å². The van der Waals surface area contributed by atoms with Crippen molar-refractivity contribution in [3.63, 3.8) is 0 Å². The molecule has 86 valence electrons. The van der Waals surface area contributed by atoms with Crippen LogP contribution in [0.15, 0.2) is 0 Å². The molecule has 16 heavy (non-hydrogen) atoms. The fourth-order valence-electron chi connectivity index (χ4n) is 1.95. The number of hydrogen-bond donors (Lipinski definition) is 0. The number of carbonyl (C=O) groups excluding carboxylic acids is 1. The van der Waals surface area contributed by atoms with Crippen molar-refractivity contribution in [1.82, 2.24) is 0 Å². The summed E-state index contributed by atoms with van der Waals surface area (Å²) < 4.78 is 0. The van der Waals surface area contributed by atoms with Gasteiger partial charge in [-0.05, 0) is 51.3 Å². The predicted molar refractivity (Wildman–Crippen MR) is 62.0 cm³/mol. The highest BCUT2D eigenvalue weighted by atomic mass is 16.6. The van der Waals surface area contributed by atoms with Gasteiger partial charge < -0.3 is 0 Å². The van der Waals surface area contributed by atoms with Gasteiger partial charge in [0.05, 0.1) is 10.5 Å². The molecule has 0 heterocycles. The molecule has 1 aromatic rings. The molecule has 0 amide bonds. The van der Waals surface area contributed by atoms with Crippen molar-refractivity contribution in [2.45, 2.75) is 34.6 Å². The van der Waals surface area contributed by atoms with Gasteiger partial charge in [-0.1, -0.05) is 0 Å². The van der Waals surface area contributed by atoms with E-state index >= 15 is 0 Å². The third-order valence-electron chi connectivity index (χ3n) is 3.19. The fourth-order valence-corrected chi connectivity index (χ4v) is 1.95.